The van der Waals surface area contributed by atoms with E-state index in [1.54, 1.807) is 28.2 Å². The van der Waals surface area contributed by atoms with Crippen LogP contribution in [0.5, 0.6) is 0 Å². The predicted molar refractivity (Wildman–Crippen MR) is 82.8 cm³/mol. The molecular formula is C16H26N2Ti. The Morgan fingerprint density at radius 1 is 0.789 bits per heavy atom. The Kier molecular flexibility index (Phi) is 24.8. The van der Waals surface area contributed by atoms with Crippen LogP contribution < -0.4 is 0 Å². The van der Waals surface area contributed by atoms with Crippen LogP contribution in [0.3, 0.4) is 0 Å². The van der Waals surface area contributed by atoms with Crippen molar-refractivity contribution in [3.8, 4) is 0 Å². The van der Waals surface area contributed by atoms with Gasteiger partial charge in [-0.25, -0.2) is 23.3 Å². The SMILES string of the molecule is CC1=[C-]CC=C1.CC1=[C-]CC=C1.C[N-]C.C[N-]C.[Ti+4]. The van der Waals surface area contributed by atoms with Gasteiger partial charge < -0.3 is 10.6 Å². The Bertz CT molecular complexity index is 254. The van der Waals surface area contributed by atoms with Gasteiger partial charge in [0.15, 0.2) is 0 Å². The zero-order chi connectivity index (χ0) is 14.2. The van der Waals surface area contributed by atoms with Crippen LogP contribution in [0, 0.1) is 12.2 Å². The third-order valence-corrected chi connectivity index (χ3v) is 1.73. The Labute approximate surface area is 135 Å². The second-order valence-electron chi connectivity index (χ2n) is 3.83. The van der Waals surface area contributed by atoms with Gasteiger partial charge in [-0.15, -0.1) is 12.8 Å². The van der Waals surface area contributed by atoms with Crippen LogP contribution in [-0.4, -0.2) is 28.2 Å². The third kappa shape index (κ3) is 23.2. The molecule has 0 saturated carbocycles. The van der Waals surface area contributed by atoms with E-state index in [-0.39, 0.29) is 21.7 Å². The zero-order valence-electron chi connectivity index (χ0n) is 13.1. The van der Waals surface area contributed by atoms with Gasteiger partial charge in [0, 0.05) is 0 Å². The van der Waals surface area contributed by atoms with E-state index in [9.17, 15) is 0 Å². The maximum atomic E-state index is 3.50. The van der Waals surface area contributed by atoms with Crippen molar-refractivity contribution < 1.29 is 21.7 Å². The molecule has 0 heterocycles. The molecule has 0 fully saturated rings. The molecule has 0 aromatic carbocycles. The van der Waals surface area contributed by atoms with E-state index in [0.717, 1.165) is 12.8 Å². The van der Waals surface area contributed by atoms with Crippen LogP contribution in [0.15, 0.2) is 35.5 Å². The summed E-state index contributed by atoms with van der Waals surface area (Å²) in [6.45, 7) is 4.12. The summed E-state index contributed by atoms with van der Waals surface area (Å²) in [5.41, 5.74) is 2.55. The van der Waals surface area contributed by atoms with Gasteiger partial charge in [-0.1, -0.05) is 13.8 Å². The van der Waals surface area contributed by atoms with Crippen molar-refractivity contribution in [2.75, 3.05) is 28.2 Å². The number of nitrogens with zero attached hydrogens (tertiary/aromatic N) is 2. The molecule has 0 atom stereocenters. The Balaban J connectivity index is -0.000000188. The summed E-state index contributed by atoms with van der Waals surface area (Å²) in [5, 5.41) is 7.00. The molecule has 2 aliphatic rings. The third-order valence-electron chi connectivity index (χ3n) is 1.73. The molecule has 2 rings (SSSR count). The molecule has 2 nitrogen and oxygen atoms in total. The Morgan fingerprint density at radius 3 is 1.11 bits per heavy atom. The first-order chi connectivity index (χ1) is 8.62. The number of allylic oxidation sites excluding steroid dienone is 8. The maximum Gasteiger partial charge on any atom is 4.00 e. The fourth-order valence-corrected chi connectivity index (χ4v) is 1.03. The van der Waals surface area contributed by atoms with Crippen LogP contribution in [0.1, 0.15) is 26.7 Å². The van der Waals surface area contributed by atoms with Crippen molar-refractivity contribution in [1.82, 2.24) is 0 Å². The van der Waals surface area contributed by atoms with E-state index in [0.29, 0.717) is 0 Å². The van der Waals surface area contributed by atoms with E-state index < -0.39 is 0 Å². The normalized spacial score (nSPS) is 13.6. The summed E-state index contributed by atoms with van der Waals surface area (Å²) in [4.78, 5) is 0. The van der Waals surface area contributed by atoms with Crippen LogP contribution in [0.25, 0.3) is 10.6 Å². The number of rotatable bonds is 0. The van der Waals surface area contributed by atoms with E-state index in [4.69, 9.17) is 0 Å². The van der Waals surface area contributed by atoms with E-state index in [1.807, 2.05) is 0 Å². The van der Waals surface area contributed by atoms with E-state index in [1.165, 1.54) is 11.1 Å². The average Bonchev–Trinajstić information content (AvgIpc) is 2.95. The van der Waals surface area contributed by atoms with E-state index in [2.05, 4.69) is 60.9 Å². The van der Waals surface area contributed by atoms with E-state index >= 15 is 0 Å². The number of hydrogen-bond acceptors (Lipinski definition) is 0. The summed E-state index contributed by atoms with van der Waals surface area (Å²) in [7, 11) is 7.00. The largest absolute Gasteiger partial charge is 4.00 e. The monoisotopic (exact) mass is 294 g/mol. The van der Waals surface area contributed by atoms with Gasteiger partial charge in [0.1, 0.15) is 0 Å². The molecule has 0 bridgehead atoms. The van der Waals surface area contributed by atoms with Gasteiger partial charge >= 0.3 is 21.7 Å². The molecule has 0 spiro atoms. The molecular weight excluding hydrogens is 268 g/mol. The predicted octanol–water partition coefficient (Wildman–Crippen LogP) is 4.63. The fraction of sp³-hybridized carbons (Fsp3) is 0.500. The molecule has 0 aromatic heterocycles. The molecule has 2 aliphatic carbocycles. The quantitative estimate of drug-likeness (QED) is 0.460. The number of hydrogen-bond donors (Lipinski definition) is 0. The Hall–Kier alpha value is -0.406. The van der Waals surface area contributed by atoms with Gasteiger partial charge in [0.25, 0.3) is 0 Å². The molecule has 0 radical (unpaired) electrons. The fourth-order valence-electron chi connectivity index (χ4n) is 1.03. The van der Waals surface area contributed by atoms with Crippen LogP contribution in [-0.2, 0) is 21.7 Å². The van der Waals surface area contributed by atoms with Crippen molar-refractivity contribution in [1.29, 1.82) is 0 Å². The minimum Gasteiger partial charge on any atom is -0.668 e. The van der Waals surface area contributed by atoms with Gasteiger partial charge in [0.05, 0.1) is 0 Å². The topological polar surface area (TPSA) is 28.2 Å². The summed E-state index contributed by atoms with van der Waals surface area (Å²) in [6, 6.07) is 0. The van der Waals surface area contributed by atoms with Crippen molar-refractivity contribution in [2.45, 2.75) is 26.7 Å². The van der Waals surface area contributed by atoms with Crippen molar-refractivity contribution in [3.63, 3.8) is 0 Å². The first-order valence-electron chi connectivity index (χ1n) is 6.06. The molecule has 0 aromatic rings. The molecule has 104 valence electrons. The van der Waals surface area contributed by atoms with Crippen molar-refractivity contribution in [3.05, 3.63) is 58.2 Å². The van der Waals surface area contributed by atoms with Crippen molar-refractivity contribution >= 4 is 0 Å². The molecule has 0 unspecified atom stereocenters. The minimum absolute atomic E-state index is 0. The van der Waals surface area contributed by atoms with Gasteiger partial charge in [-0.2, -0.15) is 40.3 Å². The summed E-state index contributed by atoms with van der Waals surface area (Å²) in [5.74, 6) is 0. The zero-order valence-corrected chi connectivity index (χ0v) is 14.7. The summed E-state index contributed by atoms with van der Waals surface area (Å²) in [6.07, 6.45) is 16.7. The molecule has 19 heavy (non-hydrogen) atoms. The smallest absolute Gasteiger partial charge is 0.668 e. The molecule has 3 heteroatoms. The van der Waals surface area contributed by atoms with Gasteiger partial charge in [0.2, 0.25) is 0 Å². The summed E-state index contributed by atoms with van der Waals surface area (Å²) >= 11 is 0. The molecule has 0 saturated heterocycles. The first-order valence-corrected chi connectivity index (χ1v) is 6.06. The molecule has 0 aliphatic heterocycles. The average molecular weight is 294 g/mol. The van der Waals surface area contributed by atoms with Crippen LogP contribution in [0.4, 0.5) is 0 Å². The summed E-state index contributed by atoms with van der Waals surface area (Å²) < 4.78 is 0. The second kappa shape index (κ2) is 19.9. The second-order valence-corrected chi connectivity index (χ2v) is 3.83. The van der Waals surface area contributed by atoms with Crippen LogP contribution in [0.2, 0.25) is 0 Å². The molecule has 0 amide bonds. The standard InChI is InChI=1S/2C6H7.2C2H6N.Ti/c2*1-6-4-2-3-5-6;2*1-3-2;/h2*2,4H,3H2,1H3;2*1-2H3;/q4*-1;+4. The van der Waals surface area contributed by atoms with Gasteiger partial charge in [-0.05, 0) is 0 Å². The Morgan fingerprint density at radius 2 is 1.05 bits per heavy atom. The minimum atomic E-state index is 0. The first kappa shape index (κ1) is 23.7. The van der Waals surface area contributed by atoms with Gasteiger partial charge in [-0.3, -0.25) is 12.2 Å². The molecule has 0 N–H and O–H groups in total. The van der Waals surface area contributed by atoms with Crippen LogP contribution >= 0.6 is 0 Å². The maximum absolute atomic E-state index is 3.50. The van der Waals surface area contributed by atoms with Crippen molar-refractivity contribution in [2.24, 2.45) is 0 Å².